The van der Waals surface area contributed by atoms with Gasteiger partial charge in [0.2, 0.25) is 0 Å². The third-order valence-corrected chi connectivity index (χ3v) is 1.21. The Hall–Kier alpha value is -2.11. The molecule has 0 aliphatic heterocycles. The maximum absolute atomic E-state index is 10.6. The monoisotopic (exact) mass is 182 g/mol. The fourth-order valence-corrected chi connectivity index (χ4v) is 0.696. The topological polar surface area (TPSA) is 110 Å². The van der Waals surface area contributed by atoms with Gasteiger partial charge in [0, 0.05) is 11.6 Å². The Balaban J connectivity index is 3.35. The van der Waals surface area contributed by atoms with Gasteiger partial charge >= 0.3 is 5.63 Å². The van der Waals surface area contributed by atoms with Gasteiger partial charge in [-0.05, 0) is 6.07 Å². The van der Waals surface area contributed by atoms with Crippen molar-refractivity contribution in [3.05, 3.63) is 33.9 Å². The number of carbonyl (C=O) groups is 2. The van der Waals surface area contributed by atoms with Crippen LogP contribution >= 0.6 is 0 Å². The summed E-state index contributed by atoms with van der Waals surface area (Å²) in [5.74, 6) is -4.26. The van der Waals surface area contributed by atoms with Crippen LogP contribution in [0.4, 0.5) is 0 Å². The Morgan fingerprint density at radius 3 is 2.23 bits per heavy atom. The predicted octanol–water partition coefficient (Wildman–Crippen LogP) is -2.63. The van der Waals surface area contributed by atoms with Gasteiger partial charge in [0.25, 0.3) is 0 Å². The number of rotatable bonds is 2. The normalized spacial score (nSPS) is 9.54. The lowest BCUT2D eigenvalue weighted by atomic mass is 10.2. The summed E-state index contributed by atoms with van der Waals surface area (Å²) in [4.78, 5) is 31.0. The van der Waals surface area contributed by atoms with Crippen molar-refractivity contribution in [1.82, 2.24) is 0 Å². The van der Waals surface area contributed by atoms with Crippen LogP contribution in [0.2, 0.25) is 0 Å². The van der Waals surface area contributed by atoms with Crippen molar-refractivity contribution in [2.75, 3.05) is 0 Å². The standard InChI is InChI=1S/C7H4O6/c8-5-2-3(6(9)10)1-4(13-5)7(11)12/h1-2H,(H,9,10)(H,11,12)/p-2. The van der Waals surface area contributed by atoms with E-state index in [1.165, 1.54) is 0 Å². The van der Waals surface area contributed by atoms with E-state index in [1.54, 1.807) is 0 Å². The molecule has 0 aromatic carbocycles. The zero-order chi connectivity index (χ0) is 10.0. The van der Waals surface area contributed by atoms with Crippen molar-refractivity contribution in [3.8, 4) is 0 Å². The van der Waals surface area contributed by atoms with E-state index < -0.39 is 28.9 Å². The zero-order valence-electron chi connectivity index (χ0n) is 6.10. The van der Waals surface area contributed by atoms with Crippen molar-refractivity contribution >= 4 is 11.9 Å². The molecule has 0 radical (unpaired) electrons. The highest BCUT2D eigenvalue weighted by Gasteiger charge is 2.02. The summed E-state index contributed by atoms with van der Waals surface area (Å²) in [7, 11) is 0. The summed E-state index contributed by atoms with van der Waals surface area (Å²) in [5, 5.41) is 20.4. The molecule has 0 fully saturated rings. The molecular formula is C7H2O6-2. The average Bonchev–Trinajstić information content (AvgIpc) is 2.03. The minimum absolute atomic E-state index is 0.560. The molecule has 6 heteroatoms. The van der Waals surface area contributed by atoms with E-state index in [4.69, 9.17) is 0 Å². The van der Waals surface area contributed by atoms with Crippen LogP contribution in [0.1, 0.15) is 20.9 Å². The maximum atomic E-state index is 10.6. The van der Waals surface area contributed by atoms with E-state index in [-0.39, 0.29) is 0 Å². The highest BCUT2D eigenvalue weighted by atomic mass is 16.4. The summed E-state index contributed by atoms with van der Waals surface area (Å²) in [5.41, 5.74) is -1.64. The van der Waals surface area contributed by atoms with Gasteiger partial charge in [-0.2, -0.15) is 0 Å². The Morgan fingerprint density at radius 1 is 1.15 bits per heavy atom. The number of hydrogen-bond donors (Lipinski definition) is 0. The van der Waals surface area contributed by atoms with Crippen LogP contribution < -0.4 is 15.8 Å². The van der Waals surface area contributed by atoms with Crippen LogP contribution in [-0.2, 0) is 0 Å². The molecule has 1 heterocycles. The first kappa shape index (κ1) is 8.98. The van der Waals surface area contributed by atoms with Gasteiger partial charge < -0.3 is 24.2 Å². The van der Waals surface area contributed by atoms with Crippen molar-refractivity contribution in [2.45, 2.75) is 0 Å². The molecule has 0 aliphatic rings. The largest absolute Gasteiger partial charge is 0.545 e. The Kier molecular flexibility index (Phi) is 2.14. The molecule has 1 aromatic heterocycles. The molecule has 0 aliphatic carbocycles. The SMILES string of the molecule is O=C([O-])c1cc(C(=O)[O-])oc(=O)c1. The van der Waals surface area contributed by atoms with E-state index in [0.29, 0.717) is 12.1 Å². The first-order chi connectivity index (χ1) is 6.00. The number of carbonyl (C=O) groups excluding carboxylic acids is 2. The Morgan fingerprint density at radius 2 is 1.77 bits per heavy atom. The van der Waals surface area contributed by atoms with Crippen LogP contribution in [0, 0.1) is 0 Å². The smallest absolute Gasteiger partial charge is 0.336 e. The number of aromatic carboxylic acids is 2. The van der Waals surface area contributed by atoms with Gasteiger partial charge in [-0.1, -0.05) is 0 Å². The van der Waals surface area contributed by atoms with E-state index in [1.807, 2.05) is 0 Å². The molecule has 0 unspecified atom stereocenters. The van der Waals surface area contributed by atoms with Gasteiger partial charge in [-0.15, -0.1) is 0 Å². The third-order valence-electron chi connectivity index (χ3n) is 1.21. The minimum atomic E-state index is -1.76. The molecule has 0 bridgehead atoms. The van der Waals surface area contributed by atoms with Crippen LogP contribution in [0.25, 0.3) is 0 Å². The molecule has 1 aromatic rings. The van der Waals surface area contributed by atoms with E-state index in [9.17, 15) is 24.6 Å². The molecular weight excluding hydrogens is 180 g/mol. The van der Waals surface area contributed by atoms with Gasteiger partial charge in [-0.25, -0.2) is 4.79 Å². The second kappa shape index (κ2) is 3.10. The molecule has 0 N–H and O–H groups in total. The average molecular weight is 182 g/mol. The minimum Gasteiger partial charge on any atom is -0.545 e. The Bertz CT molecular complexity index is 380. The maximum Gasteiger partial charge on any atom is 0.336 e. The number of carboxylic acids is 2. The summed E-state index contributed by atoms with van der Waals surface area (Å²) in [6.07, 6.45) is 0. The molecule has 0 amide bonds. The first-order valence-electron chi connectivity index (χ1n) is 3.08. The van der Waals surface area contributed by atoms with E-state index in [2.05, 4.69) is 4.42 Å². The highest BCUT2D eigenvalue weighted by Crippen LogP contribution is 1.98. The second-order valence-corrected chi connectivity index (χ2v) is 2.10. The molecule has 6 nitrogen and oxygen atoms in total. The third kappa shape index (κ3) is 1.92. The van der Waals surface area contributed by atoms with Crippen molar-refractivity contribution in [2.24, 2.45) is 0 Å². The summed E-state index contributed by atoms with van der Waals surface area (Å²) in [6.45, 7) is 0. The second-order valence-electron chi connectivity index (χ2n) is 2.10. The van der Waals surface area contributed by atoms with Crippen LogP contribution in [-0.4, -0.2) is 11.9 Å². The molecule has 0 atom stereocenters. The van der Waals surface area contributed by atoms with Crippen LogP contribution in [0.3, 0.4) is 0 Å². The van der Waals surface area contributed by atoms with E-state index in [0.717, 1.165) is 0 Å². The zero-order valence-corrected chi connectivity index (χ0v) is 6.10. The summed E-state index contributed by atoms with van der Waals surface area (Å²) < 4.78 is 4.12. The fourth-order valence-electron chi connectivity index (χ4n) is 0.696. The fraction of sp³-hybridized carbons (Fsp3) is 0. The van der Waals surface area contributed by atoms with Crippen molar-refractivity contribution < 1.29 is 24.2 Å². The number of carboxylic acid groups (broad SMARTS) is 2. The molecule has 68 valence electrons. The first-order valence-corrected chi connectivity index (χ1v) is 3.08. The van der Waals surface area contributed by atoms with Gasteiger partial charge in [0.1, 0.15) is 5.97 Å². The lowest BCUT2D eigenvalue weighted by Crippen LogP contribution is -2.27. The van der Waals surface area contributed by atoms with Crippen molar-refractivity contribution in [1.29, 1.82) is 0 Å². The molecule has 0 saturated carbocycles. The van der Waals surface area contributed by atoms with Crippen LogP contribution in [0.5, 0.6) is 0 Å². The predicted molar refractivity (Wildman–Crippen MR) is 33.6 cm³/mol. The van der Waals surface area contributed by atoms with Gasteiger partial charge in [0.05, 0.1) is 5.97 Å². The van der Waals surface area contributed by atoms with Gasteiger partial charge in [-0.3, -0.25) is 0 Å². The number of hydrogen-bond acceptors (Lipinski definition) is 6. The highest BCUT2D eigenvalue weighted by molar-refractivity contribution is 5.89. The van der Waals surface area contributed by atoms with Crippen LogP contribution in [0.15, 0.2) is 21.3 Å². The lowest BCUT2D eigenvalue weighted by Gasteiger charge is -2.03. The summed E-state index contributed by atoms with van der Waals surface area (Å²) in [6, 6.07) is 1.26. The molecule has 0 spiro atoms. The molecule has 0 saturated heterocycles. The Labute approximate surface area is 71.0 Å². The molecule has 1 rings (SSSR count). The van der Waals surface area contributed by atoms with Gasteiger partial charge in [0.15, 0.2) is 5.76 Å². The van der Waals surface area contributed by atoms with E-state index >= 15 is 0 Å². The van der Waals surface area contributed by atoms with Crippen molar-refractivity contribution in [3.63, 3.8) is 0 Å². The lowest BCUT2D eigenvalue weighted by molar-refractivity contribution is -0.257. The molecule has 13 heavy (non-hydrogen) atoms. The summed E-state index contributed by atoms with van der Waals surface area (Å²) >= 11 is 0. The quantitative estimate of drug-likeness (QED) is 0.494.